The minimum absolute atomic E-state index is 0.280. The third-order valence-corrected chi connectivity index (χ3v) is 4.46. The normalized spacial score (nSPS) is 10.6. The molecule has 0 atom stereocenters. The molecule has 0 amide bonds. The lowest BCUT2D eigenvalue weighted by Gasteiger charge is -2.03. The Morgan fingerprint density at radius 2 is 2.20 bits per heavy atom. The zero-order valence-electron chi connectivity index (χ0n) is 11.0. The highest BCUT2D eigenvalue weighted by Gasteiger charge is 2.21. The van der Waals surface area contributed by atoms with E-state index in [4.69, 9.17) is 22.1 Å². The van der Waals surface area contributed by atoms with Crippen LogP contribution in [0, 0.1) is 12.7 Å². The second-order valence-corrected chi connectivity index (χ2v) is 5.57. The Morgan fingerprint density at radius 3 is 2.80 bits per heavy atom. The molecule has 106 valence electrons. The monoisotopic (exact) mass is 313 g/mol. The summed E-state index contributed by atoms with van der Waals surface area (Å²) in [4.78, 5) is 12.9. The number of esters is 1. The molecule has 0 aliphatic rings. The topological polar surface area (TPSA) is 52.3 Å². The van der Waals surface area contributed by atoms with E-state index in [9.17, 15) is 9.18 Å². The lowest BCUT2D eigenvalue weighted by Crippen LogP contribution is -2.05. The maximum absolute atomic E-state index is 13.1. The highest BCUT2D eigenvalue weighted by atomic mass is 35.5. The van der Waals surface area contributed by atoms with Crippen LogP contribution in [0.2, 0.25) is 5.02 Å². The smallest absolute Gasteiger partial charge is 0.350 e. The molecule has 0 fully saturated rings. The number of hydrogen-bond acceptors (Lipinski definition) is 4. The second-order valence-electron chi connectivity index (χ2n) is 4.14. The maximum atomic E-state index is 13.1. The Bertz CT molecular complexity index is 669. The van der Waals surface area contributed by atoms with E-state index in [2.05, 4.69) is 0 Å². The van der Waals surface area contributed by atoms with Crippen LogP contribution in [0.3, 0.4) is 0 Å². The number of thiophene rings is 1. The first kappa shape index (κ1) is 14.8. The molecule has 0 bridgehead atoms. The summed E-state index contributed by atoms with van der Waals surface area (Å²) in [5, 5.41) is 0.282. The van der Waals surface area contributed by atoms with Gasteiger partial charge in [-0.25, -0.2) is 9.18 Å². The molecule has 0 saturated carbocycles. The Kier molecular flexibility index (Phi) is 4.30. The first-order valence-corrected chi connectivity index (χ1v) is 7.16. The Labute approximate surface area is 125 Å². The van der Waals surface area contributed by atoms with Crippen molar-refractivity contribution in [3.8, 4) is 10.4 Å². The van der Waals surface area contributed by atoms with Crippen molar-refractivity contribution < 1.29 is 13.9 Å². The number of halogens is 2. The summed E-state index contributed by atoms with van der Waals surface area (Å²) in [6.07, 6.45) is 0. The molecule has 1 heterocycles. The fraction of sp³-hybridized carbons (Fsp3) is 0.214. The number of rotatable bonds is 3. The van der Waals surface area contributed by atoms with Gasteiger partial charge in [0.15, 0.2) is 0 Å². The highest BCUT2D eigenvalue weighted by Crippen LogP contribution is 2.41. The fourth-order valence-corrected chi connectivity index (χ4v) is 3.28. The summed E-state index contributed by atoms with van der Waals surface area (Å²) in [5.74, 6) is -0.867. The van der Waals surface area contributed by atoms with Crippen molar-refractivity contribution in [1.82, 2.24) is 0 Å². The van der Waals surface area contributed by atoms with Crippen molar-refractivity contribution >= 4 is 34.6 Å². The lowest BCUT2D eigenvalue weighted by atomic mass is 10.1. The molecule has 0 radical (unpaired) electrons. The molecule has 0 aliphatic carbocycles. The number of nitrogen functional groups attached to an aromatic ring is 1. The predicted octanol–water partition coefficient (Wildman–Crippen LogP) is 4.27. The van der Waals surface area contributed by atoms with Crippen LogP contribution in [0.25, 0.3) is 10.4 Å². The second kappa shape index (κ2) is 5.81. The molecule has 6 heteroatoms. The van der Waals surface area contributed by atoms with Crippen LogP contribution in [0.4, 0.5) is 10.1 Å². The molecule has 20 heavy (non-hydrogen) atoms. The molecule has 3 nitrogen and oxygen atoms in total. The van der Waals surface area contributed by atoms with Gasteiger partial charge in [-0.15, -0.1) is 11.3 Å². The average Bonchev–Trinajstić information content (AvgIpc) is 2.67. The van der Waals surface area contributed by atoms with E-state index < -0.39 is 11.8 Å². The van der Waals surface area contributed by atoms with Gasteiger partial charge in [0.1, 0.15) is 10.7 Å². The van der Waals surface area contributed by atoms with Gasteiger partial charge in [0.25, 0.3) is 0 Å². The van der Waals surface area contributed by atoms with Gasteiger partial charge in [0.2, 0.25) is 0 Å². The largest absolute Gasteiger partial charge is 0.462 e. The van der Waals surface area contributed by atoms with Gasteiger partial charge in [-0.1, -0.05) is 11.6 Å². The summed E-state index contributed by atoms with van der Waals surface area (Å²) in [7, 11) is 0. The highest BCUT2D eigenvalue weighted by molar-refractivity contribution is 7.18. The molecular weight excluding hydrogens is 301 g/mol. The molecule has 0 spiro atoms. The Morgan fingerprint density at radius 1 is 1.50 bits per heavy atom. The van der Waals surface area contributed by atoms with Gasteiger partial charge in [0, 0.05) is 10.4 Å². The van der Waals surface area contributed by atoms with Gasteiger partial charge in [0.05, 0.1) is 17.3 Å². The van der Waals surface area contributed by atoms with E-state index in [-0.39, 0.29) is 11.6 Å². The standard InChI is InChI=1S/C14H13ClFNO2S/c1-3-19-14(18)13-11(17)7(2)12(20-13)9-5-4-8(16)6-10(9)15/h4-6H,3,17H2,1-2H3. The molecular formula is C14H13ClFNO2S. The Balaban J connectivity index is 2.53. The van der Waals surface area contributed by atoms with E-state index in [0.29, 0.717) is 16.1 Å². The maximum Gasteiger partial charge on any atom is 0.350 e. The van der Waals surface area contributed by atoms with Crippen LogP contribution in [-0.4, -0.2) is 12.6 Å². The number of anilines is 1. The number of carbonyl (C=O) groups is 1. The summed E-state index contributed by atoms with van der Waals surface area (Å²) < 4.78 is 18.1. The Hall–Kier alpha value is -1.59. The quantitative estimate of drug-likeness (QED) is 0.861. The summed E-state index contributed by atoms with van der Waals surface area (Å²) >= 11 is 7.25. The molecule has 1 aromatic carbocycles. The molecule has 2 N–H and O–H groups in total. The van der Waals surface area contributed by atoms with Gasteiger partial charge in [-0.05, 0) is 37.6 Å². The van der Waals surface area contributed by atoms with Gasteiger partial charge < -0.3 is 10.5 Å². The zero-order valence-corrected chi connectivity index (χ0v) is 12.6. The fourth-order valence-electron chi connectivity index (χ4n) is 1.81. The lowest BCUT2D eigenvalue weighted by molar-refractivity contribution is 0.0533. The van der Waals surface area contributed by atoms with Crippen molar-refractivity contribution in [2.75, 3.05) is 12.3 Å². The molecule has 1 aromatic heterocycles. The van der Waals surface area contributed by atoms with E-state index in [1.54, 1.807) is 19.9 Å². The molecule has 0 unspecified atom stereocenters. The van der Waals surface area contributed by atoms with Crippen LogP contribution in [0.1, 0.15) is 22.2 Å². The molecule has 0 saturated heterocycles. The van der Waals surface area contributed by atoms with Crippen LogP contribution in [-0.2, 0) is 4.74 Å². The van der Waals surface area contributed by atoms with Gasteiger partial charge in [-0.2, -0.15) is 0 Å². The first-order chi connectivity index (χ1) is 9.45. The minimum atomic E-state index is -0.456. The van der Waals surface area contributed by atoms with Crippen molar-refractivity contribution in [2.24, 2.45) is 0 Å². The van der Waals surface area contributed by atoms with Crippen molar-refractivity contribution in [1.29, 1.82) is 0 Å². The van der Waals surface area contributed by atoms with Crippen molar-refractivity contribution in [3.63, 3.8) is 0 Å². The molecule has 2 rings (SSSR count). The van der Waals surface area contributed by atoms with Crippen molar-refractivity contribution in [3.05, 3.63) is 39.5 Å². The predicted molar refractivity (Wildman–Crippen MR) is 79.8 cm³/mol. The average molecular weight is 314 g/mol. The summed E-state index contributed by atoms with van der Waals surface area (Å²) in [6, 6.07) is 4.13. The number of carbonyl (C=O) groups excluding carboxylic acids is 1. The number of nitrogens with two attached hydrogens (primary N) is 1. The van der Waals surface area contributed by atoms with Gasteiger partial charge in [-0.3, -0.25) is 0 Å². The van der Waals surface area contributed by atoms with Crippen LogP contribution in [0.5, 0.6) is 0 Å². The summed E-state index contributed by atoms with van der Waals surface area (Å²) in [6.45, 7) is 3.80. The van der Waals surface area contributed by atoms with E-state index in [1.807, 2.05) is 0 Å². The van der Waals surface area contributed by atoms with Crippen LogP contribution < -0.4 is 5.73 Å². The van der Waals surface area contributed by atoms with Crippen LogP contribution in [0.15, 0.2) is 18.2 Å². The van der Waals surface area contributed by atoms with E-state index in [1.165, 1.54) is 23.5 Å². The minimum Gasteiger partial charge on any atom is -0.462 e. The third kappa shape index (κ3) is 2.64. The van der Waals surface area contributed by atoms with Gasteiger partial charge >= 0.3 is 5.97 Å². The van der Waals surface area contributed by atoms with Crippen LogP contribution >= 0.6 is 22.9 Å². The zero-order chi connectivity index (χ0) is 14.9. The number of ether oxygens (including phenoxy) is 1. The molecule has 0 aliphatic heterocycles. The first-order valence-electron chi connectivity index (χ1n) is 5.97. The number of hydrogen-bond donors (Lipinski definition) is 1. The van der Waals surface area contributed by atoms with E-state index in [0.717, 1.165) is 10.4 Å². The van der Waals surface area contributed by atoms with E-state index >= 15 is 0 Å². The summed E-state index contributed by atoms with van der Waals surface area (Å²) in [5.41, 5.74) is 7.72. The number of benzene rings is 1. The molecule has 2 aromatic rings. The SMILES string of the molecule is CCOC(=O)c1sc(-c2ccc(F)cc2Cl)c(C)c1N. The third-order valence-electron chi connectivity index (χ3n) is 2.83. The van der Waals surface area contributed by atoms with Crippen molar-refractivity contribution in [2.45, 2.75) is 13.8 Å².